The molecule has 1 aromatic heterocycles. The zero-order valence-corrected chi connectivity index (χ0v) is 13.0. The lowest BCUT2D eigenvalue weighted by molar-refractivity contribution is 0.511. The predicted octanol–water partition coefficient (Wildman–Crippen LogP) is 4.27. The number of halogens is 2. The molecule has 1 unspecified atom stereocenters. The Morgan fingerprint density at radius 1 is 1.35 bits per heavy atom. The average Bonchev–Trinajstić information content (AvgIpc) is 2.48. The van der Waals surface area contributed by atoms with Crippen LogP contribution >= 0.6 is 15.9 Å². The number of aromatic nitrogens is 1. The first kappa shape index (κ1) is 15.1. The summed E-state index contributed by atoms with van der Waals surface area (Å²) < 4.78 is 14.8. The summed E-state index contributed by atoms with van der Waals surface area (Å²) in [6, 6.07) is 9.07. The van der Waals surface area contributed by atoms with Gasteiger partial charge in [-0.3, -0.25) is 4.98 Å². The van der Waals surface area contributed by atoms with Crippen LogP contribution < -0.4 is 5.32 Å². The van der Waals surface area contributed by atoms with Gasteiger partial charge in [0.25, 0.3) is 0 Å². The summed E-state index contributed by atoms with van der Waals surface area (Å²) in [7, 11) is 0. The lowest BCUT2D eigenvalue weighted by Crippen LogP contribution is -2.24. The number of nitrogens with zero attached hydrogens (tertiary/aromatic N) is 1. The summed E-state index contributed by atoms with van der Waals surface area (Å²) >= 11 is 3.40. The van der Waals surface area contributed by atoms with Crippen LogP contribution in [0.25, 0.3) is 0 Å². The highest BCUT2D eigenvalue weighted by Crippen LogP contribution is 2.22. The molecule has 0 saturated heterocycles. The second-order valence-corrected chi connectivity index (χ2v) is 5.65. The highest BCUT2D eigenvalue weighted by molar-refractivity contribution is 9.10. The first-order chi connectivity index (χ1) is 9.70. The molecular formula is C16H18BrFN2. The average molecular weight is 337 g/mol. The van der Waals surface area contributed by atoms with E-state index in [0.717, 1.165) is 23.0 Å². The van der Waals surface area contributed by atoms with Crippen LogP contribution in [-0.2, 0) is 6.42 Å². The van der Waals surface area contributed by atoms with Gasteiger partial charge in [-0.2, -0.15) is 0 Å². The number of rotatable bonds is 6. The van der Waals surface area contributed by atoms with Gasteiger partial charge < -0.3 is 5.32 Å². The van der Waals surface area contributed by atoms with Gasteiger partial charge in [0.15, 0.2) is 0 Å². The highest BCUT2D eigenvalue weighted by atomic mass is 79.9. The highest BCUT2D eigenvalue weighted by Gasteiger charge is 2.14. The van der Waals surface area contributed by atoms with E-state index in [9.17, 15) is 4.39 Å². The van der Waals surface area contributed by atoms with Crippen LogP contribution in [0.5, 0.6) is 0 Å². The molecule has 0 spiro atoms. The fourth-order valence-electron chi connectivity index (χ4n) is 2.13. The second-order valence-electron chi connectivity index (χ2n) is 4.73. The second kappa shape index (κ2) is 7.50. The third kappa shape index (κ3) is 4.12. The molecular weight excluding hydrogens is 319 g/mol. The van der Waals surface area contributed by atoms with Crippen molar-refractivity contribution in [3.63, 3.8) is 0 Å². The van der Waals surface area contributed by atoms with Crippen molar-refractivity contribution in [2.75, 3.05) is 6.54 Å². The molecule has 20 heavy (non-hydrogen) atoms. The molecule has 1 atom stereocenters. The Morgan fingerprint density at radius 3 is 2.90 bits per heavy atom. The van der Waals surface area contributed by atoms with Gasteiger partial charge >= 0.3 is 0 Å². The van der Waals surface area contributed by atoms with E-state index < -0.39 is 0 Å². The summed E-state index contributed by atoms with van der Waals surface area (Å²) in [4.78, 5) is 4.15. The molecule has 2 nitrogen and oxygen atoms in total. The first-order valence-electron chi connectivity index (χ1n) is 6.78. The summed E-state index contributed by atoms with van der Waals surface area (Å²) in [5, 5.41) is 3.46. The van der Waals surface area contributed by atoms with Crippen molar-refractivity contribution in [1.29, 1.82) is 0 Å². The van der Waals surface area contributed by atoms with E-state index in [0.29, 0.717) is 12.0 Å². The lowest BCUT2D eigenvalue weighted by atomic mass is 9.99. The quantitative estimate of drug-likeness (QED) is 0.852. The van der Waals surface area contributed by atoms with Crippen molar-refractivity contribution in [2.45, 2.75) is 25.8 Å². The Morgan fingerprint density at radius 2 is 2.20 bits per heavy atom. The summed E-state index contributed by atoms with van der Waals surface area (Å²) in [5.41, 5.74) is 1.79. The molecule has 0 aliphatic heterocycles. The summed E-state index contributed by atoms with van der Waals surface area (Å²) in [6.45, 7) is 3.02. The minimum absolute atomic E-state index is 0.0763. The van der Waals surface area contributed by atoms with E-state index in [1.165, 1.54) is 6.07 Å². The van der Waals surface area contributed by atoms with Crippen LogP contribution in [0, 0.1) is 5.82 Å². The predicted molar refractivity (Wildman–Crippen MR) is 83.1 cm³/mol. The summed E-state index contributed by atoms with van der Waals surface area (Å²) in [5.74, 6) is -0.166. The van der Waals surface area contributed by atoms with Crippen LogP contribution in [0.2, 0.25) is 0 Å². The zero-order valence-electron chi connectivity index (χ0n) is 11.4. The number of pyridine rings is 1. The molecule has 0 amide bonds. The Labute approximate surface area is 127 Å². The molecule has 1 N–H and O–H groups in total. The fraction of sp³-hybridized carbons (Fsp3) is 0.312. The third-order valence-electron chi connectivity index (χ3n) is 3.16. The zero-order chi connectivity index (χ0) is 14.4. The molecule has 4 heteroatoms. The molecule has 1 aromatic carbocycles. The smallest absolute Gasteiger partial charge is 0.126 e. The Hall–Kier alpha value is -1.26. The number of nitrogens with one attached hydrogen (secondary N) is 1. The first-order valence-corrected chi connectivity index (χ1v) is 7.57. The van der Waals surface area contributed by atoms with E-state index >= 15 is 0 Å². The molecule has 2 aromatic rings. The molecule has 0 fully saturated rings. The monoisotopic (exact) mass is 336 g/mol. The Kier molecular flexibility index (Phi) is 5.68. The molecule has 2 rings (SSSR count). The van der Waals surface area contributed by atoms with Crippen molar-refractivity contribution in [3.8, 4) is 0 Å². The number of hydrogen-bond acceptors (Lipinski definition) is 2. The van der Waals surface area contributed by atoms with Crippen LogP contribution in [0.3, 0.4) is 0 Å². The normalized spacial score (nSPS) is 12.3. The van der Waals surface area contributed by atoms with Gasteiger partial charge in [-0.1, -0.05) is 28.9 Å². The van der Waals surface area contributed by atoms with E-state index in [1.807, 2.05) is 24.4 Å². The molecule has 0 aliphatic rings. The largest absolute Gasteiger partial charge is 0.310 e. The minimum Gasteiger partial charge on any atom is -0.310 e. The van der Waals surface area contributed by atoms with Crippen molar-refractivity contribution in [3.05, 3.63) is 64.1 Å². The number of hydrogen-bond donors (Lipinski definition) is 1. The van der Waals surface area contributed by atoms with Crippen molar-refractivity contribution in [2.24, 2.45) is 0 Å². The van der Waals surface area contributed by atoms with Gasteiger partial charge in [0, 0.05) is 22.9 Å². The standard InChI is InChI=1S/C16H18BrFN2/c1-2-7-20-16(12-4-3-8-19-11-12)10-13-9-14(17)5-6-15(13)18/h3-6,8-9,11,16,20H,2,7,10H2,1H3. The molecule has 0 saturated carbocycles. The van der Waals surface area contributed by atoms with Crippen LogP contribution in [0.4, 0.5) is 4.39 Å². The topological polar surface area (TPSA) is 24.9 Å². The molecule has 0 radical (unpaired) electrons. The van der Waals surface area contributed by atoms with E-state index in [2.05, 4.69) is 33.2 Å². The third-order valence-corrected chi connectivity index (χ3v) is 3.65. The van der Waals surface area contributed by atoms with Gasteiger partial charge in [-0.15, -0.1) is 0 Å². The van der Waals surface area contributed by atoms with E-state index in [-0.39, 0.29) is 11.9 Å². The minimum atomic E-state index is -0.166. The maximum Gasteiger partial charge on any atom is 0.126 e. The molecule has 0 aliphatic carbocycles. The van der Waals surface area contributed by atoms with Gasteiger partial charge in [-0.05, 0) is 54.8 Å². The Balaban J connectivity index is 2.21. The van der Waals surface area contributed by atoms with Gasteiger partial charge in [0.05, 0.1) is 0 Å². The van der Waals surface area contributed by atoms with Crippen LogP contribution in [-0.4, -0.2) is 11.5 Å². The van der Waals surface area contributed by atoms with Crippen LogP contribution in [0.1, 0.15) is 30.5 Å². The molecule has 1 heterocycles. The van der Waals surface area contributed by atoms with Crippen molar-refractivity contribution in [1.82, 2.24) is 10.3 Å². The SMILES string of the molecule is CCCNC(Cc1cc(Br)ccc1F)c1cccnc1. The van der Waals surface area contributed by atoms with E-state index in [4.69, 9.17) is 0 Å². The maximum atomic E-state index is 13.9. The van der Waals surface area contributed by atoms with Gasteiger partial charge in [0.2, 0.25) is 0 Å². The maximum absolute atomic E-state index is 13.9. The van der Waals surface area contributed by atoms with E-state index in [1.54, 1.807) is 12.3 Å². The van der Waals surface area contributed by atoms with Crippen LogP contribution in [0.15, 0.2) is 47.2 Å². The number of benzene rings is 1. The molecule has 0 bridgehead atoms. The summed E-state index contributed by atoms with van der Waals surface area (Å²) in [6.07, 6.45) is 5.23. The van der Waals surface area contributed by atoms with Crippen molar-refractivity contribution < 1.29 is 4.39 Å². The van der Waals surface area contributed by atoms with Gasteiger partial charge in [0.1, 0.15) is 5.82 Å². The van der Waals surface area contributed by atoms with Crippen molar-refractivity contribution >= 4 is 15.9 Å². The fourth-order valence-corrected chi connectivity index (χ4v) is 2.54. The lowest BCUT2D eigenvalue weighted by Gasteiger charge is -2.19. The molecule has 106 valence electrons. The Bertz CT molecular complexity index is 545. The van der Waals surface area contributed by atoms with Gasteiger partial charge in [-0.25, -0.2) is 4.39 Å².